The van der Waals surface area contributed by atoms with Crippen molar-refractivity contribution in [2.75, 3.05) is 0 Å². The highest BCUT2D eigenvalue weighted by Gasteiger charge is 2.23. The summed E-state index contributed by atoms with van der Waals surface area (Å²) in [6, 6.07) is 16.3. The van der Waals surface area contributed by atoms with Crippen LogP contribution in [0, 0.1) is 20.6 Å². The largest absolute Gasteiger partial charge is 0.454 e. The Balaban J connectivity index is 1.87. The molecule has 0 saturated heterocycles. The predicted octanol–water partition coefficient (Wildman–Crippen LogP) is 6.70. The highest BCUT2D eigenvalue weighted by atomic mass is 28.3. The molecule has 0 amide bonds. The normalized spacial score (nSPS) is 16.0. The van der Waals surface area contributed by atoms with Crippen LogP contribution in [0.5, 0.6) is 0 Å². The Labute approximate surface area is 193 Å². The number of furan rings is 1. The minimum atomic E-state index is -2.58. The number of fused-ring (bicyclic) bond motifs is 5. The van der Waals surface area contributed by atoms with Gasteiger partial charge >= 0.3 is 0 Å². The summed E-state index contributed by atoms with van der Waals surface area (Å²) in [7, 11) is 0.194. The maximum Gasteiger partial charge on any atom is 0.216 e. The first-order chi connectivity index (χ1) is 17.1. The summed E-state index contributed by atoms with van der Waals surface area (Å²) in [4.78, 5) is 0. The molecule has 0 bridgehead atoms. The highest BCUT2D eigenvalue weighted by Crippen LogP contribution is 2.39. The average molecular weight is 431 g/mol. The van der Waals surface area contributed by atoms with Gasteiger partial charge in [-0.2, -0.15) is 0 Å². The van der Waals surface area contributed by atoms with Crippen LogP contribution in [0.1, 0.15) is 24.9 Å². The number of nitrogens with zero attached hydrogens (tertiary/aromatic N) is 1. The molecule has 2 aromatic heterocycles. The van der Waals surface area contributed by atoms with Crippen LogP contribution in [0.4, 0.5) is 0 Å². The molecule has 5 aromatic rings. The number of pyridine rings is 1. The lowest BCUT2D eigenvalue weighted by atomic mass is 9.98. The van der Waals surface area contributed by atoms with Gasteiger partial charge in [-0.25, -0.2) is 4.57 Å². The highest BCUT2D eigenvalue weighted by molar-refractivity contribution is 6.88. The molecule has 0 unspecified atom stereocenters. The van der Waals surface area contributed by atoms with E-state index in [9.17, 15) is 0 Å². The Kier molecular flexibility index (Phi) is 3.11. The van der Waals surface area contributed by atoms with Crippen LogP contribution in [0.25, 0.3) is 44.0 Å². The quantitative estimate of drug-likeness (QED) is 0.225. The van der Waals surface area contributed by atoms with Gasteiger partial charge in [0.15, 0.2) is 6.20 Å². The number of aryl methyl sites for hydroxylation is 4. The zero-order valence-corrected chi connectivity index (χ0v) is 19.6. The molecule has 31 heavy (non-hydrogen) atoms. The maximum atomic E-state index is 8.04. The van der Waals surface area contributed by atoms with E-state index < -0.39 is 21.8 Å². The van der Waals surface area contributed by atoms with E-state index in [1.165, 1.54) is 17.4 Å². The van der Waals surface area contributed by atoms with Crippen molar-refractivity contribution in [2.45, 2.75) is 40.3 Å². The second kappa shape index (κ2) is 6.79. The van der Waals surface area contributed by atoms with Crippen molar-refractivity contribution < 1.29 is 17.2 Å². The fourth-order valence-corrected chi connectivity index (χ4v) is 5.56. The molecule has 0 saturated carbocycles. The van der Waals surface area contributed by atoms with Gasteiger partial charge in [-0.15, -0.1) is 0 Å². The third kappa shape index (κ3) is 3.11. The number of aromatic nitrogens is 1. The number of hydrogen-bond acceptors (Lipinski definition) is 1. The Hall–Kier alpha value is -2.91. The summed E-state index contributed by atoms with van der Waals surface area (Å²) in [5.41, 5.74) is 3.39. The van der Waals surface area contributed by atoms with E-state index in [4.69, 9.17) is 12.6 Å². The van der Waals surface area contributed by atoms with E-state index in [0.717, 1.165) is 38.3 Å². The third-order valence-electron chi connectivity index (χ3n) is 6.23. The number of rotatable bonds is 2. The Morgan fingerprint density at radius 1 is 0.806 bits per heavy atom. The summed E-state index contributed by atoms with van der Waals surface area (Å²) < 4.78 is 56.2. The molecular weight excluding hydrogens is 394 g/mol. The van der Waals surface area contributed by atoms with Gasteiger partial charge in [0.2, 0.25) is 5.69 Å². The summed E-state index contributed by atoms with van der Waals surface area (Å²) in [5, 5.41) is 5.44. The molecule has 5 rings (SSSR count). The van der Waals surface area contributed by atoms with Crippen LogP contribution in [-0.4, -0.2) is 8.07 Å². The smallest absolute Gasteiger partial charge is 0.216 e. The molecule has 0 aliphatic heterocycles. The van der Waals surface area contributed by atoms with Gasteiger partial charge in [0.05, 0.1) is 13.6 Å². The first kappa shape index (κ1) is 14.2. The number of hydrogen-bond donors (Lipinski definition) is 0. The minimum absolute atomic E-state index is 0.168. The summed E-state index contributed by atoms with van der Waals surface area (Å²) >= 11 is 0. The first-order valence-electron chi connectivity index (χ1n) is 13.5. The van der Waals surface area contributed by atoms with Gasteiger partial charge in [0.25, 0.3) is 0 Å². The first-order valence-corrected chi connectivity index (χ1v) is 14.0. The Morgan fingerprint density at radius 3 is 2.26 bits per heavy atom. The molecule has 0 N–H and O–H groups in total. The molecule has 2 nitrogen and oxygen atoms in total. The van der Waals surface area contributed by atoms with Crippen molar-refractivity contribution in [1.29, 1.82) is 0 Å². The van der Waals surface area contributed by atoms with Crippen LogP contribution in [0.15, 0.2) is 59.1 Å². The molecule has 0 atom stereocenters. The number of benzene rings is 3. The zero-order valence-electron chi connectivity index (χ0n) is 24.6. The van der Waals surface area contributed by atoms with Crippen LogP contribution >= 0.6 is 0 Å². The molecule has 0 fully saturated rings. The van der Waals surface area contributed by atoms with Crippen molar-refractivity contribution in [3.05, 3.63) is 71.4 Å². The zero-order chi connectivity index (χ0) is 27.1. The second-order valence-electron chi connectivity index (χ2n) is 9.46. The maximum absolute atomic E-state index is 8.04. The molecule has 0 radical (unpaired) electrons. The summed E-state index contributed by atoms with van der Waals surface area (Å²) in [5.74, 6) is 0. The monoisotopic (exact) mass is 430 g/mol. The van der Waals surface area contributed by atoms with Gasteiger partial charge in [-0.3, -0.25) is 0 Å². The lowest BCUT2D eigenvalue weighted by molar-refractivity contribution is -0.660. The lowest BCUT2D eigenvalue weighted by Gasteiger charge is -2.17. The average Bonchev–Trinajstić information content (AvgIpc) is 3.16. The Bertz CT molecular complexity index is 1710. The van der Waals surface area contributed by atoms with Gasteiger partial charge in [0, 0.05) is 36.0 Å². The molecule has 0 aliphatic carbocycles. The third-order valence-corrected chi connectivity index (χ3v) is 8.27. The molecule has 0 aliphatic rings. The Morgan fingerprint density at radius 2 is 1.52 bits per heavy atom. The predicted molar refractivity (Wildman–Crippen MR) is 135 cm³/mol. The topological polar surface area (TPSA) is 17.0 Å². The van der Waals surface area contributed by atoms with Crippen LogP contribution in [0.2, 0.25) is 19.6 Å². The molecule has 156 valence electrons. The van der Waals surface area contributed by atoms with Crippen LogP contribution < -0.4 is 9.75 Å². The van der Waals surface area contributed by atoms with Crippen molar-refractivity contribution in [3.8, 4) is 11.3 Å². The lowest BCUT2D eigenvalue weighted by Crippen LogP contribution is -2.37. The van der Waals surface area contributed by atoms with Crippen molar-refractivity contribution in [1.82, 2.24) is 0 Å². The van der Waals surface area contributed by atoms with E-state index in [1.807, 2.05) is 19.1 Å². The van der Waals surface area contributed by atoms with Crippen molar-refractivity contribution >= 4 is 46.0 Å². The molecule has 3 heteroatoms. The van der Waals surface area contributed by atoms with E-state index in [-0.39, 0.29) is 11.1 Å². The van der Waals surface area contributed by atoms with E-state index >= 15 is 0 Å². The van der Waals surface area contributed by atoms with Crippen molar-refractivity contribution in [2.24, 2.45) is 7.05 Å². The van der Waals surface area contributed by atoms with E-state index in [0.29, 0.717) is 11.3 Å². The molecule has 0 spiro atoms. The molecule has 3 aromatic carbocycles. The van der Waals surface area contributed by atoms with Gasteiger partial charge < -0.3 is 4.42 Å². The minimum Gasteiger partial charge on any atom is -0.454 e. The van der Waals surface area contributed by atoms with Crippen LogP contribution in [-0.2, 0) is 7.05 Å². The molecular formula is C28H30NOSi+. The summed E-state index contributed by atoms with van der Waals surface area (Å²) in [6.07, 6.45) is 1.42. The summed E-state index contributed by atoms with van der Waals surface area (Å²) in [6.45, 7) is 3.79. The fourth-order valence-electron chi connectivity index (χ4n) is 4.40. The standard InChI is InChI=1S/C28H30NOSi/c1-17-8-12-23-22-13-10-20-9-11-21(31(5,6)7)15-24(20)27(22)30-28(23)26(17)25-14-18(2)19(3)16-29(25)4/h8-16H,1-7H3/q+1/i2D3,3D3. The van der Waals surface area contributed by atoms with Gasteiger partial charge in [0.1, 0.15) is 18.2 Å². The molecule has 2 heterocycles. The SMILES string of the molecule is [2H]C([2H])([2H])c1cc(-c2c(C)ccc3c2oc2c4cc([Si](C)(C)C)ccc4ccc32)[n+](C)cc1C([2H])([2H])[2H]. The van der Waals surface area contributed by atoms with Crippen LogP contribution in [0.3, 0.4) is 0 Å². The fraction of sp³-hybridized carbons (Fsp3) is 0.250. The van der Waals surface area contributed by atoms with Gasteiger partial charge in [-0.05, 0) is 43.2 Å². The van der Waals surface area contributed by atoms with E-state index in [2.05, 4.69) is 50.0 Å². The van der Waals surface area contributed by atoms with Gasteiger partial charge in [-0.1, -0.05) is 61.2 Å². The van der Waals surface area contributed by atoms with E-state index in [1.54, 1.807) is 11.6 Å². The van der Waals surface area contributed by atoms with Crippen molar-refractivity contribution in [3.63, 3.8) is 0 Å². The second-order valence-corrected chi connectivity index (χ2v) is 14.5.